The van der Waals surface area contributed by atoms with E-state index in [2.05, 4.69) is 5.32 Å². The molecule has 1 fully saturated rings. The first-order valence-electron chi connectivity index (χ1n) is 6.97. The van der Waals surface area contributed by atoms with E-state index in [4.69, 9.17) is 4.74 Å². The van der Waals surface area contributed by atoms with Crippen LogP contribution in [0.1, 0.15) is 25.3 Å². The zero-order chi connectivity index (χ0) is 14.1. The van der Waals surface area contributed by atoms with Crippen LogP contribution in [0, 0.1) is 0 Å². The third-order valence-electron chi connectivity index (χ3n) is 3.95. The van der Waals surface area contributed by atoms with Gasteiger partial charge in [-0.05, 0) is 31.4 Å². The fourth-order valence-electron chi connectivity index (χ4n) is 2.71. The zero-order valence-corrected chi connectivity index (χ0v) is 11.5. The second-order valence-corrected chi connectivity index (χ2v) is 5.29. The van der Waals surface area contributed by atoms with Crippen molar-refractivity contribution < 1.29 is 14.3 Å². The summed E-state index contributed by atoms with van der Waals surface area (Å²) in [6.07, 6.45) is 1.25. The number of carbonyl (C=O) groups excluding carboxylic acids is 2. The summed E-state index contributed by atoms with van der Waals surface area (Å²) >= 11 is 0. The van der Waals surface area contributed by atoms with Crippen molar-refractivity contribution in [2.75, 3.05) is 11.9 Å². The summed E-state index contributed by atoms with van der Waals surface area (Å²) in [4.78, 5) is 26.3. The molecule has 5 heteroatoms. The molecule has 0 unspecified atom stereocenters. The minimum atomic E-state index is -0.487. The summed E-state index contributed by atoms with van der Waals surface area (Å²) in [7, 11) is 0. The van der Waals surface area contributed by atoms with Crippen molar-refractivity contribution in [1.29, 1.82) is 0 Å². The third kappa shape index (κ3) is 2.29. The van der Waals surface area contributed by atoms with Crippen LogP contribution in [-0.4, -0.2) is 35.5 Å². The monoisotopic (exact) mass is 274 g/mol. The van der Waals surface area contributed by atoms with Crippen LogP contribution < -0.4 is 5.32 Å². The number of nitrogens with one attached hydrogen (secondary N) is 1. The first-order valence-corrected chi connectivity index (χ1v) is 6.97. The van der Waals surface area contributed by atoms with Crippen LogP contribution in [0.2, 0.25) is 0 Å². The number of rotatable bonds is 1. The highest BCUT2D eigenvalue weighted by Gasteiger charge is 2.35. The standard InChI is InChI=1S/C15H18N2O3/c1-10-14(18)16-12-6-3-2-5-11(12)9-17(10)15(19)13-7-4-8-20-13/h2-3,5-6,10,13H,4,7-9H2,1H3,(H,16,18)/t10-,13+/m0/s1. The number of anilines is 1. The quantitative estimate of drug-likeness (QED) is 0.845. The Morgan fingerprint density at radius 3 is 2.95 bits per heavy atom. The Morgan fingerprint density at radius 1 is 1.40 bits per heavy atom. The van der Waals surface area contributed by atoms with Crippen molar-refractivity contribution in [2.45, 2.75) is 38.5 Å². The molecule has 0 aliphatic carbocycles. The summed E-state index contributed by atoms with van der Waals surface area (Å²) in [5.41, 5.74) is 1.74. The SMILES string of the molecule is C[C@H]1C(=O)Nc2ccccc2CN1C(=O)[C@H]1CCCO1. The minimum Gasteiger partial charge on any atom is -0.368 e. The molecule has 2 aliphatic rings. The molecule has 0 radical (unpaired) electrons. The second kappa shape index (κ2) is 5.25. The number of hydrogen-bond donors (Lipinski definition) is 1. The summed E-state index contributed by atoms with van der Waals surface area (Å²) < 4.78 is 5.46. The molecule has 2 amide bonds. The maximum atomic E-state index is 12.5. The maximum absolute atomic E-state index is 12.5. The number of hydrogen-bond acceptors (Lipinski definition) is 3. The van der Waals surface area contributed by atoms with E-state index in [9.17, 15) is 9.59 Å². The molecular formula is C15H18N2O3. The Hall–Kier alpha value is -1.88. The van der Waals surface area contributed by atoms with Gasteiger partial charge in [0.1, 0.15) is 12.1 Å². The minimum absolute atomic E-state index is 0.0816. The average Bonchev–Trinajstić information content (AvgIpc) is 2.95. The van der Waals surface area contributed by atoms with E-state index in [0.717, 1.165) is 24.1 Å². The molecule has 1 saturated heterocycles. The summed E-state index contributed by atoms with van der Waals surface area (Å²) in [5, 5.41) is 2.87. The lowest BCUT2D eigenvalue weighted by molar-refractivity contribution is -0.146. The van der Waals surface area contributed by atoms with Crippen LogP contribution in [0.5, 0.6) is 0 Å². The van der Waals surface area contributed by atoms with Crippen LogP contribution in [0.3, 0.4) is 0 Å². The van der Waals surface area contributed by atoms with E-state index in [0.29, 0.717) is 13.2 Å². The molecule has 0 aromatic heterocycles. The predicted molar refractivity (Wildman–Crippen MR) is 74.1 cm³/mol. The van der Waals surface area contributed by atoms with E-state index >= 15 is 0 Å². The van der Waals surface area contributed by atoms with E-state index in [1.54, 1.807) is 11.8 Å². The van der Waals surface area contributed by atoms with Gasteiger partial charge in [0.05, 0.1) is 0 Å². The van der Waals surface area contributed by atoms with Gasteiger partial charge >= 0.3 is 0 Å². The lowest BCUT2D eigenvalue weighted by Crippen LogP contribution is -2.47. The summed E-state index contributed by atoms with van der Waals surface area (Å²) in [6, 6.07) is 7.10. The second-order valence-electron chi connectivity index (χ2n) is 5.29. The van der Waals surface area contributed by atoms with Gasteiger partial charge in [0, 0.05) is 18.8 Å². The first-order chi connectivity index (χ1) is 9.66. The largest absolute Gasteiger partial charge is 0.368 e. The number of ether oxygens (including phenoxy) is 1. The van der Waals surface area contributed by atoms with Crippen LogP contribution in [-0.2, 0) is 20.9 Å². The fourth-order valence-corrected chi connectivity index (χ4v) is 2.71. The number of carbonyl (C=O) groups is 2. The van der Waals surface area contributed by atoms with Gasteiger partial charge < -0.3 is 15.0 Å². The van der Waals surface area contributed by atoms with Gasteiger partial charge in [0.2, 0.25) is 5.91 Å². The lowest BCUT2D eigenvalue weighted by Gasteiger charge is -2.28. The van der Waals surface area contributed by atoms with Crippen molar-refractivity contribution in [3.8, 4) is 0 Å². The van der Waals surface area contributed by atoms with Gasteiger partial charge in [-0.1, -0.05) is 18.2 Å². The number of amides is 2. The zero-order valence-electron chi connectivity index (χ0n) is 11.5. The Balaban J connectivity index is 1.89. The van der Waals surface area contributed by atoms with Gasteiger partial charge in [-0.2, -0.15) is 0 Å². The van der Waals surface area contributed by atoms with Gasteiger partial charge in [0.25, 0.3) is 5.91 Å². The highest BCUT2D eigenvalue weighted by Crippen LogP contribution is 2.25. The van der Waals surface area contributed by atoms with Crippen molar-refractivity contribution in [3.05, 3.63) is 29.8 Å². The van der Waals surface area contributed by atoms with Crippen LogP contribution in [0.15, 0.2) is 24.3 Å². The molecule has 3 rings (SSSR count). The molecular weight excluding hydrogens is 256 g/mol. The van der Waals surface area contributed by atoms with Crippen molar-refractivity contribution >= 4 is 17.5 Å². The Kier molecular flexibility index (Phi) is 3.44. The Bertz CT molecular complexity index is 538. The third-order valence-corrected chi connectivity index (χ3v) is 3.95. The van der Waals surface area contributed by atoms with Gasteiger partial charge in [-0.3, -0.25) is 9.59 Å². The summed E-state index contributed by atoms with van der Waals surface area (Å²) in [6.45, 7) is 2.82. The molecule has 2 atom stereocenters. The van der Waals surface area contributed by atoms with E-state index in [1.165, 1.54) is 0 Å². The van der Waals surface area contributed by atoms with E-state index < -0.39 is 12.1 Å². The number of benzene rings is 1. The van der Waals surface area contributed by atoms with Crippen molar-refractivity contribution in [2.24, 2.45) is 0 Å². The maximum Gasteiger partial charge on any atom is 0.252 e. The average molecular weight is 274 g/mol. The van der Waals surface area contributed by atoms with E-state index in [1.807, 2.05) is 24.3 Å². The number of fused-ring (bicyclic) bond motifs is 1. The van der Waals surface area contributed by atoms with Gasteiger partial charge in [0.15, 0.2) is 0 Å². The van der Waals surface area contributed by atoms with E-state index in [-0.39, 0.29) is 11.8 Å². The van der Waals surface area contributed by atoms with Crippen LogP contribution in [0.4, 0.5) is 5.69 Å². The molecule has 0 bridgehead atoms. The van der Waals surface area contributed by atoms with Crippen molar-refractivity contribution in [1.82, 2.24) is 4.90 Å². The highest BCUT2D eigenvalue weighted by atomic mass is 16.5. The molecule has 1 N–H and O–H groups in total. The topological polar surface area (TPSA) is 58.6 Å². The molecule has 5 nitrogen and oxygen atoms in total. The Morgan fingerprint density at radius 2 is 2.20 bits per heavy atom. The highest BCUT2D eigenvalue weighted by molar-refractivity contribution is 5.99. The Labute approximate surface area is 117 Å². The number of nitrogens with zero attached hydrogens (tertiary/aromatic N) is 1. The van der Waals surface area contributed by atoms with Crippen LogP contribution in [0.25, 0.3) is 0 Å². The fraction of sp³-hybridized carbons (Fsp3) is 0.467. The molecule has 1 aromatic carbocycles. The smallest absolute Gasteiger partial charge is 0.252 e. The number of para-hydroxylation sites is 1. The molecule has 0 saturated carbocycles. The molecule has 2 aliphatic heterocycles. The van der Waals surface area contributed by atoms with Crippen LogP contribution >= 0.6 is 0 Å². The normalized spacial score (nSPS) is 25.9. The molecule has 1 aromatic rings. The predicted octanol–water partition coefficient (Wildman–Crippen LogP) is 1.53. The molecule has 20 heavy (non-hydrogen) atoms. The molecule has 2 heterocycles. The molecule has 0 spiro atoms. The molecule has 106 valence electrons. The summed E-state index contributed by atoms with van der Waals surface area (Å²) in [5.74, 6) is -0.233. The first kappa shape index (κ1) is 13.1. The van der Waals surface area contributed by atoms with Gasteiger partial charge in [-0.15, -0.1) is 0 Å². The lowest BCUT2D eigenvalue weighted by atomic mass is 10.1. The van der Waals surface area contributed by atoms with Crippen molar-refractivity contribution in [3.63, 3.8) is 0 Å². The van der Waals surface area contributed by atoms with Gasteiger partial charge in [-0.25, -0.2) is 0 Å².